The molecule has 1 amide bonds. The summed E-state index contributed by atoms with van der Waals surface area (Å²) in [6, 6.07) is 25.1. The summed E-state index contributed by atoms with van der Waals surface area (Å²) < 4.78 is 6.78. The second-order valence-electron chi connectivity index (χ2n) is 9.36. The predicted octanol–water partition coefficient (Wildman–Crippen LogP) is 7.40. The summed E-state index contributed by atoms with van der Waals surface area (Å²) in [5.41, 5.74) is 3.25. The van der Waals surface area contributed by atoms with Crippen LogP contribution in [0.15, 0.2) is 72.8 Å². The van der Waals surface area contributed by atoms with Crippen LogP contribution in [0.25, 0.3) is 21.2 Å². The molecule has 5 rings (SSSR count). The van der Waals surface area contributed by atoms with Gasteiger partial charge in [0.2, 0.25) is 0 Å². The lowest BCUT2D eigenvalue weighted by Crippen LogP contribution is -2.44. The van der Waals surface area contributed by atoms with Crippen LogP contribution in [0.1, 0.15) is 40.9 Å². The van der Waals surface area contributed by atoms with Crippen molar-refractivity contribution in [3.63, 3.8) is 0 Å². The minimum atomic E-state index is 0.00118. The maximum atomic E-state index is 14.1. The smallest absolute Gasteiger partial charge is 0.266 e. The lowest BCUT2D eigenvalue weighted by molar-refractivity contribution is 0.0604. The van der Waals surface area contributed by atoms with Gasteiger partial charge in [-0.3, -0.25) is 4.79 Å². The average Bonchev–Trinajstić information content (AvgIpc) is 3.28. The summed E-state index contributed by atoms with van der Waals surface area (Å²) in [5, 5.41) is 4.90. The molecule has 4 nitrogen and oxygen atoms in total. The number of ether oxygens (including phenoxy) is 1. The summed E-state index contributed by atoms with van der Waals surface area (Å²) in [6.45, 7) is 0.474. The molecule has 36 heavy (non-hydrogen) atoms. The Bertz CT molecular complexity index is 1350. The Hall–Kier alpha value is -2.86. The molecule has 6 heteroatoms. The van der Waals surface area contributed by atoms with Crippen molar-refractivity contribution in [3.05, 3.63) is 88.3 Å². The molecule has 186 valence electrons. The molecule has 1 N–H and O–H groups in total. The maximum absolute atomic E-state index is 14.1. The largest absolute Gasteiger partial charge is 0.496 e. The molecule has 1 aliphatic carbocycles. The van der Waals surface area contributed by atoms with Gasteiger partial charge in [-0.2, -0.15) is 0 Å². The number of nitrogens with one attached hydrogen (secondary N) is 1. The number of rotatable bonds is 7. The molecule has 0 unspecified atom stereocenters. The van der Waals surface area contributed by atoms with Gasteiger partial charge in [-0.1, -0.05) is 66.2 Å². The van der Waals surface area contributed by atoms with E-state index in [1.54, 1.807) is 7.11 Å². The molecular weight excluding hydrogens is 488 g/mol. The van der Waals surface area contributed by atoms with E-state index in [1.165, 1.54) is 11.3 Å². The van der Waals surface area contributed by atoms with Crippen LogP contribution in [-0.2, 0) is 6.54 Å². The molecule has 1 aliphatic rings. The van der Waals surface area contributed by atoms with Crippen molar-refractivity contribution in [2.24, 2.45) is 0 Å². The fourth-order valence-electron chi connectivity index (χ4n) is 5.22. The van der Waals surface area contributed by atoms with Crippen LogP contribution in [0.5, 0.6) is 5.75 Å². The molecule has 0 spiro atoms. The second kappa shape index (κ2) is 11.0. The van der Waals surface area contributed by atoms with Gasteiger partial charge in [0.1, 0.15) is 10.6 Å². The Morgan fingerprint density at radius 2 is 1.72 bits per heavy atom. The molecule has 1 saturated carbocycles. The third kappa shape index (κ3) is 5.01. The highest BCUT2D eigenvalue weighted by molar-refractivity contribution is 7.21. The number of nitrogens with zero attached hydrogens (tertiary/aromatic N) is 1. The van der Waals surface area contributed by atoms with Crippen LogP contribution >= 0.6 is 22.9 Å². The Labute approximate surface area is 221 Å². The fourth-order valence-corrected chi connectivity index (χ4v) is 6.69. The van der Waals surface area contributed by atoms with Crippen molar-refractivity contribution >= 4 is 38.9 Å². The van der Waals surface area contributed by atoms with E-state index in [1.807, 2.05) is 60.5 Å². The van der Waals surface area contributed by atoms with E-state index in [0.29, 0.717) is 22.5 Å². The Morgan fingerprint density at radius 3 is 2.42 bits per heavy atom. The summed E-state index contributed by atoms with van der Waals surface area (Å²) in [4.78, 5) is 16.8. The molecule has 0 radical (unpaired) electrons. The molecule has 0 saturated heterocycles. The van der Waals surface area contributed by atoms with Crippen LogP contribution in [-0.4, -0.2) is 37.0 Å². The molecule has 0 aliphatic heterocycles. The third-order valence-electron chi connectivity index (χ3n) is 7.26. The van der Waals surface area contributed by atoms with E-state index in [4.69, 9.17) is 16.3 Å². The van der Waals surface area contributed by atoms with E-state index in [-0.39, 0.29) is 11.9 Å². The lowest BCUT2D eigenvalue weighted by Gasteiger charge is -2.37. The molecular formula is C30H31ClN2O2S. The third-order valence-corrected chi connectivity index (χ3v) is 8.93. The standard InChI is InChI=1S/C30H31ClN2O2S/c1-32-23-13-15-24(16-14-23)33(30(34)29-28(31)25-10-6-7-11-27(25)36-29)19-22-18-21(12-17-26(22)35-2)20-8-4-3-5-9-20/h3-12,17-18,23-24,32H,13-16,19H2,1-2H3/t23-,24+. The van der Waals surface area contributed by atoms with E-state index >= 15 is 0 Å². The van der Waals surface area contributed by atoms with Crippen molar-refractivity contribution in [2.75, 3.05) is 14.2 Å². The van der Waals surface area contributed by atoms with Crippen molar-refractivity contribution in [1.82, 2.24) is 10.2 Å². The first-order valence-corrected chi connectivity index (χ1v) is 13.7. The summed E-state index contributed by atoms with van der Waals surface area (Å²) in [5.74, 6) is 0.792. The number of halogens is 1. The predicted molar refractivity (Wildman–Crippen MR) is 150 cm³/mol. The Morgan fingerprint density at radius 1 is 1.00 bits per heavy atom. The highest BCUT2D eigenvalue weighted by atomic mass is 35.5. The number of carbonyl (C=O) groups excluding carboxylic acids is 1. The minimum Gasteiger partial charge on any atom is -0.496 e. The number of methoxy groups -OCH3 is 1. The van der Waals surface area contributed by atoms with Gasteiger partial charge >= 0.3 is 0 Å². The van der Waals surface area contributed by atoms with Crippen LogP contribution in [0.3, 0.4) is 0 Å². The SMILES string of the molecule is CN[C@H]1CC[C@@H](N(Cc2cc(-c3ccccc3)ccc2OC)C(=O)c2sc3ccccc3c2Cl)CC1. The highest BCUT2D eigenvalue weighted by Gasteiger charge is 2.32. The fraction of sp³-hybridized carbons (Fsp3) is 0.300. The topological polar surface area (TPSA) is 41.6 Å². The van der Waals surface area contributed by atoms with E-state index < -0.39 is 0 Å². The van der Waals surface area contributed by atoms with Gasteiger partial charge in [0, 0.05) is 34.3 Å². The van der Waals surface area contributed by atoms with Crippen LogP contribution < -0.4 is 10.1 Å². The molecule has 1 fully saturated rings. The number of amides is 1. The van der Waals surface area contributed by atoms with Crippen molar-refractivity contribution in [1.29, 1.82) is 0 Å². The highest BCUT2D eigenvalue weighted by Crippen LogP contribution is 2.38. The van der Waals surface area contributed by atoms with Gasteiger partial charge in [0.25, 0.3) is 5.91 Å². The monoisotopic (exact) mass is 518 g/mol. The van der Waals surface area contributed by atoms with Crippen molar-refractivity contribution in [2.45, 2.75) is 44.3 Å². The van der Waals surface area contributed by atoms with Gasteiger partial charge in [-0.05, 0) is 62.1 Å². The number of benzene rings is 3. The maximum Gasteiger partial charge on any atom is 0.266 e. The van der Waals surface area contributed by atoms with E-state index in [2.05, 4.69) is 29.6 Å². The molecule has 0 atom stereocenters. The van der Waals surface area contributed by atoms with Crippen LogP contribution in [0.2, 0.25) is 5.02 Å². The van der Waals surface area contributed by atoms with Gasteiger partial charge in [0.15, 0.2) is 0 Å². The van der Waals surface area contributed by atoms with Crippen molar-refractivity contribution < 1.29 is 9.53 Å². The average molecular weight is 519 g/mol. The molecule has 1 aromatic heterocycles. The summed E-state index contributed by atoms with van der Waals surface area (Å²) in [6.07, 6.45) is 4.01. The van der Waals surface area contributed by atoms with Gasteiger partial charge < -0.3 is 15.0 Å². The first kappa shape index (κ1) is 24.8. The van der Waals surface area contributed by atoms with Crippen molar-refractivity contribution in [3.8, 4) is 16.9 Å². The zero-order valence-corrected chi connectivity index (χ0v) is 22.2. The molecule has 0 bridgehead atoms. The Balaban J connectivity index is 1.53. The van der Waals surface area contributed by atoms with E-state index in [0.717, 1.165) is 58.2 Å². The first-order valence-electron chi connectivity index (χ1n) is 12.5. The van der Waals surface area contributed by atoms with Crippen LogP contribution in [0, 0.1) is 0 Å². The van der Waals surface area contributed by atoms with Gasteiger partial charge in [-0.15, -0.1) is 11.3 Å². The molecule has 3 aromatic carbocycles. The lowest BCUT2D eigenvalue weighted by atomic mass is 9.89. The zero-order valence-electron chi connectivity index (χ0n) is 20.7. The zero-order chi connectivity index (χ0) is 25.1. The summed E-state index contributed by atoms with van der Waals surface area (Å²) in [7, 11) is 3.71. The van der Waals surface area contributed by atoms with Gasteiger partial charge in [0.05, 0.1) is 12.1 Å². The number of hydrogen-bond donors (Lipinski definition) is 1. The number of thiophene rings is 1. The number of fused-ring (bicyclic) bond motifs is 1. The first-order chi connectivity index (χ1) is 17.6. The van der Waals surface area contributed by atoms with Gasteiger partial charge in [-0.25, -0.2) is 0 Å². The summed E-state index contributed by atoms with van der Waals surface area (Å²) >= 11 is 8.26. The number of hydrogen-bond acceptors (Lipinski definition) is 4. The minimum absolute atomic E-state index is 0.00118. The van der Waals surface area contributed by atoms with E-state index in [9.17, 15) is 4.79 Å². The second-order valence-corrected chi connectivity index (χ2v) is 10.8. The quantitative estimate of drug-likeness (QED) is 0.277. The molecule has 4 aromatic rings. The van der Waals surface area contributed by atoms with Crippen LogP contribution in [0.4, 0.5) is 0 Å². The normalized spacial score (nSPS) is 17.8. The number of carbonyl (C=O) groups is 1. The molecule has 1 heterocycles. The Kier molecular flexibility index (Phi) is 7.61.